The van der Waals surface area contributed by atoms with Crippen LogP contribution in [0.25, 0.3) is 0 Å². The lowest BCUT2D eigenvalue weighted by molar-refractivity contribution is 0.224. The first-order chi connectivity index (χ1) is 9.99. The first-order valence-electron chi connectivity index (χ1n) is 8.88. The highest BCUT2D eigenvalue weighted by Crippen LogP contribution is 2.43. The van der Waals surface area contributed by atoms with Crippen molar-refractivity contribution in [3.63, 3.8) is 0 Å². The second-order valence-corrected chi connectivity index (χ2v) is 8.28. The lowest BCUT2D eigenvalue weighted by atomic mass is 9.71. The van der Waals surface area contributed by atoms with Crippen LogP contribution in [0.15, 0.2) is 24.3 Å². The molecule has 1 heteroatoms. The molecule has 3 rings (SSSR count). The minimum absolute atomic E-state index is 0.0503. The molecule has 1 aromatic rings. The Hall–Kier alpha value is -0.820. The van der Waals surface area contributed by atoms with E-state index in [4.69, 9.17) is 5.73 Å². The van der Waals surface area contributed by atoms with Crippen LogP contribution in [0.1, 0.15) is 88.7 Å². The van der Waals surface area contributed by atoms with E-state index >= 15 is 0 Å². The molecule has 0 bridgehead atoms. The molecule has 0 aliphatic heterocycles. The van der Waals surface area contributed by atoms with E-state index in [0.717, 1.165) is 18.8 Å². The van der Waals surface area contributed by atoms with E-state index < -0.39 is 0 Å². The molecular weight excluding hydrogens is 254 g/mol. The average Bonchev–Trinajstić information content (AvgIpc) is 2.48. The van der Waals surface area contributed by atoms with Gasteiger partial charge in [0.05, 0.1) is 0 Å². The highest BCUT2D eigenvalue weighted by Gasteiger charge is 2.30. The fourth-order valence-electron chi connectivity index (χ4n) is 4.29. The van der Waals surface area contributed by atoms with Crippen molar-refractivity contribution >= 4 is 0 Å². The number of hydrogen-bond donors (Lipinski definition) is 1. The maximum Gasteiger partial charge on any atom is 0.0409 e. The summed E-state index contributed by atoms with van der Waals surface area (Å²) in [6, 6.07) is 9.36. The Labute approximate surface area is 130 Å². The van der Waals surface area contributed by atoms with Crippen molar-refractivity contribution in [2.75, 3.05) is 0 Å². The summed E-state index contributed by atoms with van der Waals surface area (Å²) in [5.41, 5.74) is 10.0. The van der Waals surface area contributed by atoms with Gasteiger partial charge in [0.25, 0.3) is 0 Å². The summed E-state index contributed by atoms with van der Waals surface area (Å²) in [6.07, 6.45) is 11.7. The summed E-state index contributed by atoms with van der Waals surface area (Å²) in [5, 5.41) is 0. The Morgan fingerprint density at radius 3 is 2.00 bits per heavy atom. The lowest BCUT2D eigenvalue weighted by Crippen LogP contribution is -2.38. The van der Waals surface area contributed by atoms with Crippen LogP contribution < -0.4 is 5.73 Å². The van der Waals surface area contributed by atoms with Gasteiger partial charge in [-0.1, -0.05) is 57.4 Å². The van der Waals surface area contributed by atoms with Crippen LogP contribution in [-0.2, 0) is 5.54 Å². The second-order valence-electron chi connectivity index (χ2n) is 8.28. The molecule has 2 N–H and O–H groups in total. The number of rotatable bonds is 2. The highest BCUT2D eigenvalue weighted by molar-refractivity contribution is 5.31. The summed E-state index contributed by atoms with van der Waals surface area (Å²) in [4.78, 5) is 0. The second kappa shape index (κ2) is 5.76. The van der Waals surface area contributed by atoms with Crippen LogP contribution in [0, 0.1) is 5.41 Å². The van der Waals surface area contributed by atoms with Gasteiger partial charge in [0.2, 0.25) is 0 Å². The molecule has 1 nitrogen and oxygen atoms in total. The third kappa shape index (κ3) is 3.34. The first-order valence-corrected chi connectivity index (χ1v) is 8.88. The van der Waals surface area contributed by atoms with Crippen LogP contribution in [0.5, 0.6) is 0 Å². The molecule has 1 aromatic carbocycles. The average molecular weight is 285 g/mol. The fourth-order valence-corrected chi connectivity index (χ4v) is 4.29. The zero-order valence-corrected chi connectivity index (χ0v) is 13.8. The molecule has 0 aromatic heterocycles. The van der Waals surface area contributed by atoms with E-state index in [2.05, 4.69) is 38.1 Å². The van der Waals surface area contributed by atoms with Gasteiger partial charge in [0, 0.05) is 5.54 Å². The van der Waals surface area contributed by atoms with Crippen molar-refractivity contribution in [1.29, 1.82) is 0 Å². The van der Waals surface area contributed by atoms with Gasteiger partial charge in [0.1, 0.15) is 0 Å². The molecule has 2 aliphatic rings. The van der Waals surface area contributed by atoms with E-state index in [0.29, 0.717) is 5.41 Å². The van der Waals surface area contributed by atoms with Crippen LogP contribution >= 0.6 is 0 Å². The fraction of sp³-hybridized carbons (Fsp3) is 0.700. The molecule has 2 fully saturated rings. The van der Waals surface area contributed by atoms with Crippen LogP contribution in [0.2, 0.25) is 0 Å². The van der Waals surface area contributed by atoms with E-state index in [1.54, 1.807) is 0 Å². The Bertz CT molecular complexity index is 455. The first kappa shape index (κ1) is 15.1. The molecule has 0 atom stereocenters. The predicted octanol–water partition coefficient (Wildman–Crippen LogP) is 5.49. The summed E-state index contributed by atoms with van der Waals surface area (Å²) < 4.78 is 0. The summed E-state index contributed by atoms with van der Waals surface area (Å²) in [5.74, 6) is 0.771. The van der Waals surface area contributed by atoms with Gasteiger partial charge >= 0.3 is 0 Å². The Morgan fingerprint density at radius 1 is 0.857 bits per heavy atom. The third-order valence-corrected chi connectivity index (χ3v) is 6.04. The monoisotopic (exact) mass is 285 g/mol. The third-order valence-electron chi connectivity index (χ3n) is 6.04. The molecule has 116 valence electrons. The molecular formula is C20H31N. The number of hydrogen-bond acceptors (Lipinski definition) is 1. The topological polar surface area (TPSA) is 26.0 Å². The van der Waals surface area contributed by atoms with E-state index in [-0.39, 0.29) is 5.54 Å². The van der Waals surface area contributed by atoms with Crippen molar-refractivity contribution in [3.8, 4) is 0 Å². The van der Waals surface area contributed by atoms with Gasteiger partial charge in [-0.3, -0.25) is 0 Å². The molecule has 0 radical (unpaired) electrons. The zero-order valence-electron chi connectivity index (χ0n) is 13.8. The summed E-state index contributed by atoms with van der Waals surface area (Å²) >= 11 is 0. The quantitative estimate of drug-likeness (QED) is 0.764. The Morgan fingerprint density at radius 2 is 1.43 bits per heavy atom. The maximum atomic E-state index is 6.64. The molecule has 21 heavy (non-hydrogen) atoms. The maximum absolute atomic E-state index is 6.64. The van der Waals surface area contributed by atoms with Gasteiger partial charge in [-0.2, -0.15) is 0 Å². The molecule has 0 heterocycles. The van der Waals surface area contributed by atoms with Crippen LogP contribution in [0.3, 0.4) is 0 Å². The zero-order chi connectivity index (χ0) is 14.9. The normalized spacial score (nSPS) is 25.7. The highest BCUT2D eigenvalue weighted by atomic mass is 14.7. The molecule has 2 aliphatic carbocycles. The van der Waals surface area contributed by atoms with Crippen molar-refractivity contribution in [1.82, 2.24) is 0 Å². The van der Waals surface area contributed by atoms with Crippen molar-refractivity contribution < 1.29 is 0 Å². The minimum Gasteiger partial charge on any atom is -0.321 e. The van der Waals surface area contributed by atoms with E-state index in [9.17, 15) is 0 Å². The predicted molar refractivity (Wildman–Crippen MR) is 90.4 cm³/mol. The standard InChI is InChI=1S/C20H31N/c1-19(2)14-10-17(11-15-19)16-6-8-18(9-7-16)20(21)12-4-3-5-13-20/h6-9,17H,3-5,10-15,21H2,1-2H3. The summed E-state index contributed by atoms with van der Waals surface area (Å²) in [7, 11) is 0. The minimum atomic E-state index is -0.0503. The van der Waals surface area contributed by atoms with E-state index in [1.165, 1.54) is 56.1 Å². The Balaban J connectivity index is 1.70. The molecule has 0 spiro atoms. The molecule has 0 unspecified atom stereocenters. The Kier molecular flexibility index (Phi) is 4.14. The molecule has 0 amide bonds. The largest absolute Gasteiger partial charge is 0.321 e. The summed E-state index contributed by atoms with van der Waals surface area (Å²) in [6.45, 7) is 4.82. The van der Waals surface area contributed by atoms with Crippen molar-refractivity contribution in [3.05, 3.63) is 35.4 Å². The van der Waals surface area contributed by atoms with Gasteiger partial charge in [-0.05, 0) is 61.0 Å². The van der Waals surface area contributed by atoms with Gasteiger partial charge in [0.15, 0.2) is 0 Å². The van der Waals surface area contributed by atoms with Gasteiger partial charge in [-0.25, -0.2) is 0 Å². The van der Waals surface area contributed by atoms with Crippen LogP contribution in [0.4, 0.5) is 0 Å². The SMILES string of the molecule is CC1(C)CCC(c2ccc(C3(N)CCCCC3)cc2)CC1. The van der Waals surface area contributed by atoms with Gasteiger partial charge in [-0.15, -0.1) is 0 Å². The lowest BCUT2D eigenvalue weighted by Gasteiger charge is -2.36. The van der Waals surface area contributed by atoms with Crippen molar-refractivity contribution in [2.45, 2.75) is 83.1 Å². The van der Waals surface area contributed by atoms with E-state index in [1.807, 2.05) is 0 Å². The van der Waals surface area contributed by atoms with Crippen molar-refractivity contribution in [2.24, 2.45) is 11.1 Å². The smallest absolute Gasteiger partial charge is 0.0409 e. The van der Waals surface area contributed by atoms with Crippen LogP contribution in [-0.4, -0.2) is 0 Å². The van der Waals surface area contributed by atoms with Gasteiger partial charge < -0.3 is 5.73 Å². The number of nitrogens with two attached hydrogens (primary N) is 1. The molecule has 0 saturated heterocycles. The number of benzene rings is 1. The molecule has 2 saturated carbocycles.